The Balaban J connectivity index is 1.80. The van der Waals surface area contributed by atoms with Gasteiger partial charge in [-0.25, -0.2) is 0 Å². The van der Waals surface area contributed by atoms with Crippen molar-refractivity contribution in [2.75, 3.05) is 14.2 Å². The minimum Gasteiger partial charge on any atom is -0.497 e. The first-order valence-electron chi connectivity index (χ1n) is 10.1. The molecule has 0 N–H and O–H groups in total. The molecule has 0 amide bonds. The van der Waals surface area contributed by atoms with Crippen LogP contribution in [-0.2, 0) is 10.7 Å². The standard InChI is InChI=1S/C26H22Br2N2O2/c1-31-23-7-3-17(4-8-23)19-11-21(15-27)29-25(13-19)26-14-20(12-22(16-28)30-26)18-5-9-24(32-2)10-6-18/h3-14H,15-16H2,1-2H3. The van der Waals surface area contributed by atoms with Crippen molar-refractivity contribution in [2.45, 2.75) is 10.7 Å². The van der Waals surface area contributed by atoms with Crippen molar-refractivity contribution >= 4 is 31.9 Å². The van der Waals surface area contributed by atoms with E-state index < -0.39 is 0 Å². The van der Waals surface area contributed by atoms with Crippen LogP contribution in [0.15, 0.2) is 72.8 Å². The predicted octanol–water partition coefficient (Wildman–Crippen LogP) is 7.28. The summed E-state index contributed by atoms with van der Waals surface area (Å²) in [6.45, 7) is 0. The molecule has 162 valence electrons. The Kier molecular flexibility index (Phi) is 7.22. The van der Waals surface area contributed by atoms with Gasteiger partial charge in [-0.2, -0.15) is 0 Å². The fourth-order valence-corrected chi connectivity index (χ4v) is 4.05. The number of hydrogen-bond acceptors (Lipinski definition) is 4. The molecular weight excluding hydrogens is 532 g/mol. The van der Waals surface area contributed by atoms with Crippen LogP contribution in [0.4, 0.5) is 0 Å². The molecule has 2 aromatic carbocycles. The van der Waals surface area contributed by atoms with E-state index in [1.165, 1.54) is 0 Å². The number of rotatable bonds is 7. The van der Waals surface area contributed by atoms with Gasteiger partial charge in [0.15, 0.2) is 0 Å². The first-order chi connectivity index (χ1) is 15.6. The molecule has 0 radical (unpaired) electrons. The molecule has 0 saturated carbocycles. The van der Waals surface area contributed by atoms with Crippen LogP contribution < -0.4 is 9.47 Å². The Bertz CT molecular complexity index is 1110. The number of aromatic nitrogens is 2. The predicted molar refractivity (Wildman–Crippen MR) is 137 cm³/mol. The number of alkyl halides is 2. The first-order valence-corrected chi connectivity index (χ1v) is 12.3. The smallest absolute Gasteiger partial charge is 0.118 e. The third-order valence-corrected chi connectivity index (χ3v) is 6.29. The summed E-state index contributed by atoms with van der Waals surface area (Å²) in [6.07, 6.45) is 0. The molecule has 0 spiro atoms. The zero-order chi connectivity index (χ0) is 22.5. The first kappa shape index (κ1) is 22.5. The van der Waals surface area contributed by atoms with Gasteiger partial charge in [-0.3, -0.25) is 9.97 Å². The van der Waals surface area contributed by atoms with Gasteiger partial charge in [0.25, 0.3) is 0 Å². The van der Waals surface area contributed by atoms with Gasteiger partial charge in [0.05, 0.1) is 37.0 Å². The second-order valence-electron chi connectivity index (χ2n) is 7.19. The number of ether oxygens (including phenoxy) is 2. The van der Waals surface area contributed by atoms with Crippen LogP contribution in [0.2, 0.25) is 0 Å². The second-order valence-corrected chi connectivity index (χ2v) is 8.31. The Hall–Kier alpha value is -2.70. The maximum absolute atomic E-state index is 5.30. The molecular formula is C26H22Br2N2O2. The molecule has 4 rings (SSSR count). The lowest BCUT2D eigenvalue weighted by Crippen LogP contribution is -1.97. The van der Waals surface area contributed by atoms with E-state index >= 15 is 0 Å². The summed E-state index contributed by atoms with van der Waals surface area (Å²) in [5.74, 6) is 1.67. The minimum atomic E-state index is 0.660. The molecule has 2 aromatic heterocycles. The van der Waals surface area contributed by atoms with Crippen molar-refractivity contribution < 1.29 is 9.47 Å². The number of halogens is 2. The Morgan fingerprint density at radius 1 is 0.562 bits per heavy atom. The fourth-order valence-electron chi connectivity index (χ4n) is 3.48. The van der Waals surface area contributed by atoms with Crippen molar-refractivity contribution in [1.82, 2.24) is 9.97 Å². The van der Waals surface area contributed by atoms with Crippen LogP contribution in [0.25, 0.3) is 33.6 Å². The van der Waals surface area contributed by atoms with Crippen molar-refractivity contribution in [3.8, 4) is 45.1 Å². The third-order valence-electron chi connectivity index (χ3n) is 5.14. The van der Waals surface area contributed by atoms with E-state index in [9.17, 15) is 0 Å². The van der Waals surface area contributed by atoms with Crippen molar-refractivity contribution in [3.05, 3.63) is 84.2 Å². The number of pyridine rings is 2. The van der Waals surface area contributed by atoms with Crippen LogP contribution in [0.5, 0.6) is 11.5 Å². The molecule has 2 heterocycles. The highest BCUT2D eigenvalue weighted by Gasteiger charge is 2.12. The van der Waals surface area contributed by atoms with E-state index in [4.69, 9.17) is 19.4 Å². The van der Waals surface area contributed by atoms with Crippen LogP contribution >= 0.6 is 31.9 Å². The van der Waals surface area contributed by atoms with E-state index in [1.54, 1.807) is 14.2 Å². The monoisotopic (exact) mass is 552 g/mol. The zero-order valence-corrected chi connectivity index (χ0v) is 21.0. The highest BCUT2D eigenvalue weighted by molar-refractivity contribution is 9.08. The molecule has 0 aliphatic heterocycles. The molecule has 0 saturated heterocycles. The van der Waals surface area contributed by atoms with Gasteiger partial charge in [0.1, 0.15) is 11.5 Å². The summed E-state index contributed by atoms with van der Waals surface area (Å²) < 4.78 is 10.6. The lowest BCUT2D eigenvalue weighted by molar-refractivity contribution is 0.415. The quantitative estimate of drug-likeness (QED) is 0.225. The fraction of sp³-hybridized carbons (Fsp3) is 0.154. The number of benzene rings is 2. The molecule has 0 fully saturated rings. The maximum atomic E-state index is 5.30. The molecule has 4 aromatic rings. The van der Waals surface area contributed by atoms with E-state index in [0.29, 0.717) is 10.7 Å². The highest BCUT2D eigenvalue weighted by Crippen LogP contribution is 2.31. The van der Waals surface area contributed by atoms with Gasteiger partial charge >= 0.3 is 0 Å². The zero-order valence-electron chi connectivity index (χ0n) is 17.8. The number of hydrogen-bond donors (Lipinski definition) is 0. The summed E-state index contributed by atoms with van der Waals surface area (Å²) >= 11 is 7.13. The minimum absolute atomic E-state index is 0.660. The highest BCUT2D eigenvalue weighted by atomic mass is 79.9. The number of methoxy groups -OCH3 is 2. The second kappa shape index (κ2) is 10.3. The SMILES string of the molecule is COc1ccc(-c2cc(CBr)nc(-c3cc(-c4ccc(OC)cc4)cc(CBr)n3)c2)cc1. The molecule has 0 bridgehead atoms. The molecule has 4 nitrogen and oxygen atoms in total. The van der Waals surface area contributed by atoms with Crippen LogP contribution in [0, 0.1) is 0 Å². The van der Waals surface area contributed by atoms with Gasteiger partial charge in [0, 0.05) is 10.7 Å². The van der Waals surface area contributed by atoms with Crippen LogP contribution in [-0.4, -0.2) is 24.2 Å². The molecule has 32 heavy (non-hydrogen) atoms. The largest absolute Gasteiger partial charge is 0.497 e. The van der Waals surface area contributed by atoms with Gasteiger partial charge in [-0.05, 0) is 70.8 Å². The van der Waals surface area contributed by atoms with Crippen molar-refractivity contribution in [3.63, 3.8) is 0 Å². The molecule has 0 unspecified atom stereocenters. The lowest BCUT2D eigenvalue weighted by Gasteiger charge is -2.12. The summed E-state index contributed by atoms with van der Waals surface area (Å²) in [6, 6.07) is 24.5. The van der Waals surface area contributed by atoms with E-state index in [0.717, 1.165) is 56.5 Å². The lowest BCUT2D eigenvalue weighted by atomic mass is 10.0. The summed E-state index contributed by atoms with van der Waals surface area (Å²) in [5.41, 5.74) is 7.95. The van der Waals surface area contributed by atoms with E-state index in [2.05, 4.69) is 80.4 Å². The van der Waals surface area contributed by atoms with Gasteiger partial charge < -0.3 is 9.47 Å². The van der Waals surface area contributed by atoms with E-state index in [1.807, 2.05) is 24.3 Å². The average molecular weight is 554 g/mol. The topological polar surface area (TPSA) is 44.2 Å². The maximum Gasteiger partial charge on any atom is 0.118 e. The molecule has 6 heteroatoms. The normalized spacial score (nSPS) is 10.8. The van der Waals surface area contributed by atoms with Gasteiger partial charge in [-0.1, -0.05) is 56.1 Å². The Morgan fingerprint density at radius 3 is 1.25 bits per heavy atom. The summed E-state index contributed by atoms with van der Waals surface area (Å²) in [4.78, 5) is 9.70. The van der Waals surface area contributed by atoms with Gasteiger partial charge in [0.2, 0.25) is 0 Å². The molecule has 0 atom stereocenters. The summed E-state index contributed by atoms with van der Waals surface area (Å²) in [7, 11) is 3.34. The van der Waals surface area contributed by atoms with Gasteiger partial charge in [-0.15, -0.1) is 0 Å². The van der Waals surface area contributed by atoms with Crippen LogP contribution in [0.1, 0.15) is 11.4 Å². The summed E-state index contributed by atoms with van der Waals surface area (Å²) in [5, 5.41) is 1.32. The van der Waals surface area contributed by atoms with Crippen LogP contribution in [0.3, 0.4) is 0 Å². The van der Waals surface area contributed by atoms with Crippen molar-refractivity contribution in [2.24, 2.45) is 0 Å². The molecule has 0 aliphatic rings. The average Bonchev–Trinajstić information content (AvgIpc) is 2.88. The third kappa shape index (κ3) is 5.03. The Labute approximate surface area is 204 Å². The van der Waals surface area contributed by atoms with E-state index in [-0.39, 0.29) is 0 Å². The van der Waals surface area contributed by atoms with Crippen molar-refractivity contribution in [1.29, 1.82) is 0 Å². The number of nitrogens with zero attached hydrogens (tertiary/aromatic N) is 2. The Morgan fingerprint density at radius 2 is 0.938 bits per heavy atom. The molecule has 0 aliphatic carbocycles.